The van der Waals surface area contributed by atoms with E-state index in [9.17, 15) is 0 Å². The zero-order valence-electron chi connectivity index (χ0n) is 10.0. The fourth-order valence-electron chi connectivity index (χ4n) is 2.71. The number of piperidine rings is 1. The number of aromatic nitrogens is 1. The fourth-order valence-corrected chi connectivity index (χ4v) is 3.34. The summed E-state index contributed by atoms with van der Waals surface area (Å²) in [6, 6.07) is 7.35. The van der Waals surface area contributed by atoms with Gasteiger partial charge in [0.2, 0.25) is 0 Å². The van der Waals surface area contributed by atoms with E-state index in [-0.39, 0.29) is 0 Å². The molecule has 0 spiro atoms. The van der Waals surface area contributed by atoms with Crippen molar-refractivity contribution >= 4 is 26.8 Å². The first kappa shape index (κ1) is 11.3. The van der Waals surface area contributed by atoms with Crippen LogP contribution in [0.2, 0.25) is 0 Å². The van der Waals surface area contributed by atoms with Gasteiger partial charge in [-0.15, -0.1) is 0 Å². The number of hydrogen-bond donors (Lipinski definition) is 1. The predicted molar refractivity (Wildman–Crippen MR) is 75.2 cm³/mol. The number of nitrogens with one attached hydrogen (secondary N) is 1. The Kier molecular flexibility index (Phi) is 2.97. The first-order valence-electron chi connectivity index (χ1n) is 6.23. The number of rotatable bonds is 1. The summed E-state index contributed by atoms with van der Waals surface area (Å²) in [6.45, 7) is 1.15. The van der Waals surface area contributed by atoms with Crippen molar-refractivity contribution < 1.29 is 0 Å². The van der Waals surface area contributed by atoms with Crippen LogP contribution in [0.4, 0.5) is 0 Å². The monoisotopic (exact) mass is 292 g/mol. The standard InChI is InChI=1S/C14H17BrN2/c1-17-9-12(15)11-8-10(5-6-14(11)17)13-4-2-3-7-16-13/h5-6,8-9,13,16H,2-4,7H2,1H3. The van der Waals surface area contributed by atoms with E-state index in [1.807, 2.05) is 0 Å². The highest BCUT2D eigenvalue weighted by molar-refractivity contribution is 9.10. The molecule has 17 heavy (non-hydrogen) atoms. The highest BCUT2D eigenvalue weighted by Crippen LogP contribution is 2.30. The van der Waals surface area contributed by atoms with E-state index in [0.29, 0.717) is 6.04 Å². The SMILES string of the molecule is Cn1cc(Br)c2cc(C3CCCCN3)ccc21. The van der Waals surface area contributed by atoms with Crippen molar-refractivity contribution in [1.29, 1.82) is 0 Å². The lowest BCUT2D eigenvalue weighted by Crippen LogP contribution is -2.26. The summed E-state index contributed by atoms with van der Waals surface area (Å²) in [7, 11) is 2.09. The van der Waals surface area contributed by atoms with E-state index in [1.54, 1.807) is 0 Å². The van der Waals surface area contributed by atoms with Crippen LogP contribution >= 0.6 is 15.9 Å². The number of aryl methyl sites for hydroxylation is 1. The number of benzene rings is 1. The van der Waals surface area contributed by atoms with Crippen LogP contribution in [0.15, 0.2) is 28.9 Å². The van der Waals surface area contributed by atoms with E-state index < -0.39 is 0 Å². The summed E-state index contributed by atoms with van der Waals surface area (Å²) >= 11 is 3.63. The molecule has 1 atom stereocenters. The van der Waals surface area contributed by atoms with Gasteiger partial charge in [0.1, 0.15) is 0 Å². The van der Waals surface area contributed by atoms with Crippen LogP contribution < -0.4 is 5.32 Å². The summed E-state index contributed by atoms with van der Waals surface area (Å²) in [6.07, 6.45) is 6.04. The maximum Gasteiger partial charge on any atom is 0.0489 e. The summed E-state index contributed by atoms with van der Waals surface area (Å²) in [5.74, 6) is 0. The Morgan fingerprint density at radius 2 is 2.24 bits per heavy atom. The smallest absolute Gasteiger partial charge is 0.0489 e. The van der Waals surface area contributed by atoms with E-state index in [4.69, 9.17) is 0 Å². The predicted octanol–water partition coefficient (Wildman–Crippen LogP) is 3.76. The van der Waals surface area contributed by atoms with Gasteiger partial charge in [0, 0.05) is 34.7 Å². The van der Waals surface area contributed by atoms with Gasteiger partial charge in [-0.25, -0.2) is 0 Å². The van der Waals surface area contributed by atoms with Crippen LogP contribution in [0.3, 0.4) is 0 Å². The second-order valence-corrected chi connectivity index (χ2v) is 5.72. The molecule has 3 rings (SSSR count). The number of halogens is 1. The van der Waals surface area contributed by atoms with Gasteiger partial charge in [-0.05, 0) is 53.0 Å². The third kappa shape index (κ3) is 2.02. The fraction of sp³-hybridized carbons (Fsp3) is 0.429. The van der Waals surface area contributed by atoms with E-state index in [0.717, 1.165) is 6.54 Å². The van der Waals surface area contributed by atoms with E-state index >= 15 is 0 Å². The first-order chi connectivity index (χ1) is 8.25. The van der Waals surface area contributed by atoms with Crippen LogP contribution in [0.25, 0.3) is 10.9 Å². The molecule has 1 aromatic heterocycles. The van der Waals surface area contributed by atoms with Crippen molar-refractivity contribution in [1.82, 2.24) is 9.88 Å². The lowest BCUT2D eigenvalue weighted by molar-refractivity contribution is 0.412. The largest absolute Gasteiger partial charge is 0.349 e. The molecule has 1 aliphatic heterocycles. The van der Waals surface area contributed by atoms with Crippen LogP contribution in [-0.4, -0.2) is 11.1 Å². The molecule has 0 bridgehead atoms. The van der Waals surface area contributed by atoms with Gasteiger partial charge >= 0.3 is 0 Å². The van der Waals surface area contributed by atoms with Gasteiger partial charge in [-0.2, -0.15) is 0 Å². The van der Waals surface area contributed by atoms with Crippen molar-refractivity contribution in [2.75, 3.05) is 6.54 Å². The van der Waals surface area contributed by atoms with Gasteiger partial charge in [-0.1, -0.05) is 12.5 Å². The van der Waals surface area contributed by atoms with Gasteiger partial charge < -0.3 is 9.88 Å². The minimum absolute atomic E-state index is 0.542. The maximum atomic E-state index is 3.63. The Bertz CT molecular complexity index is 538. The molecule has 1 unspecified atom stereocenters. The molecule has 0 aliphatic carbocycles. The lowest BCUT2D eigenvalue weighted by atomic mass is 9.97. The molecule has 1 N–H and O–H groups in total. The Labute approximate surface area is 110 Å². The van der Waals surface area contributed by atoms with Crippen molar-refractivity contribution in [2.45, 2.75) is 25.3 Å². The molecule has 90 valence electrons. The third-order valence-electron chi connectivity index (χ3n) is 3.68. The van der Waals surface area contributed by atoms with Gasteiger partial charge in [-0.3, -0.25) is 0 Å². The van der Waals surface area contributed by atoms with Gasteiger partial charge in [0.15, 0.2) is 0 Å². The number of fused-ring (bicyclic) bond motifs is 1. The lowest BCUT2D eigenvalue weighted by Gasteiger charge is -2.24. The molecular formula is C14H17BrN2. The summed E-state index contributed by atoms with van der Waals surface area (Å²) in [4.78, 5) is 0. The Morgan fingerprint density at radius 3 is 3.00 bits per heavy atom. The second-order valence-electron chi connectivity index (χ2n) is 4.87. The third-order valence-corrected chi connectivity index (χ3v) is 4.31. The quantitative estimate of drug-likeness (QED) is 0.847. The van der Waals surface area contributed by atoms with Crippen molar-refractivity contribution in [3.63, 3.8) is 0 Å². The van der Waals surface area contributed by atoms with Crippen LogP contribution in [0.5, 0.6) is 0 Å². The summed E-state index contributed by atoms with van der Waals surface area (Å²) in [5.41, 5.74) is 2.71. The molecule has 3 heteroatoms. The Balaban J connectivity index is 2.03. The molecule has 1 aromatic carbocycles. The van der Waals surface area contributed by atoms with Crippen LogP contribution in [-0.2, 0) is 7.05 Å². The van der Waals surface area contributed by atoms with Crippen molar-refractivity contribution in [3.05, 3.63) is 34.4 Å². The number of hydrogen-bond acceptors (Lipinski definition) is 1. The maximum absolute atomic E-state index is 3.63. The van der Waals surface area contributed by atoms with Crippen LogP contribution in [0, 0.1) is 0 Å². The van der Waals surface area contributed by atoms with E-state index in [2.05, 4.69) is 57.3 Å². The molecule has 1 saturated heterocycles. The molecule has 2 aromatic rings. The minimum atomic E-state index is 0.542. The highest BCUT2D eigenvalue weighted by Gasteiger charge is 2.15. The molecule has 0 amide bonds. The van der Waals surface area contributed by atoms with Crippen LogP contribution in [0.1, 0.15) is 30.9 Å². The zero-order chi connectivity index (χ0) is 11.8. The Hall–Kier alpha value is -0.800. The molecule has 0 saturated carbocycles. The highest BCUT2D eigenvalue weighted by atomic mass is 79.9. The Morgan fingerprint density at radius 1 is 1.35 bits per heavy atom. The molecule has 2 nitrogen and oxygen atoms in total. The average Bonchev–Trinajstić information content (AvgIpc) is 2.66. The summed E-state index contributed by atoms with van der Waals surface area (Å²) in [5, 5.41) is 4.92. The molecule has 1 fully saturated rings. The zero-order valence-corrected chi connectivity index (χ0v) is 11.6. The number of nitrogens with zero attached hydrogens (tertiary/aromatic N) is 1. The second kappa shape index (κ2) is 4.46. The first-order valence-corrected chi connectivity index (χ1v) is 7.03. The molecule has 0 radical (unpaired) electrons. The van der Waals surface area contributed by atoms with Gasteiger partial charge in [0.05, 0.1) is 0 Å². The minimum Gasteiger partial charge on any atom is -0.349 e. The van der Waals surface area contributed by atoms with Crippen molar-refractivity contribution in [3.8, 4) is 0 Å². The molecular weight excluding hydrogens is 276 g/mol. The van der Waals surface area contributed by atoms with Crippen molar-refractivity contribution in [2.24, 2.45) is 7.05 Å². The molecule has 1 aliphatic rings. The molecule has 2 heterocycles. The topological polar surface area (TPSA) is 17.0 Å². The van der Waals surface area contributed by atoms with E-state index in [1.165, 1.54) is 40.2 Å². The normalized spacial score (nSPS) is 20.9. The average molecular weight is 293 g/mol. The van der Waals surface area contributed by atoms with Gasteiger partial charge in [0.25, 0.3) is 0 Å². The summed E-state index contributed by atoms with van der Waals surface area (Å²) < 4.78 is 3.35.